The number of benzene rings is 1. The van der Waals surface area contributed by atoms with Gasteiger partial charge in [0.15, 0.2) is 0 Å². The van der Waals surface area contributed by atoms with Crippen LogP contribution in [-0.2, 0) is 0 Å². The van der Waals surface area contributed by atoms with Gasteiger partial charge in [-0.3, -0.25) is 4.79 Å². The lowest BCUT2D eigenvalue weighted by molar-refractivity contribution is 0.0937. The standard InChI is InChI=1S/C14H18F2N2O/c15-10-5-6-12(16)11(7-10)14(19)18-8-9-3-1-2-4-13(9)17/h5-7,9,13H,1-4,8,17H2,(H,18,19). The van der Waals surface area contributed by atoms with E-state index in [2.05, 4.69) is 5.32 Å². The number of nitrogens with one attached hydrogen (secondary N) is 1. The van der Waals surface area contributed by atoms with Crippen LogP contribution in [0, 0.1) is 17.6 Å². The van der Waals surface area contributed by atoms with E-state index in [0.29, 0.717) is 6.54 Å². The van der Waals surface area contributed by atoms with Gasteiger partial charge in [0, 0.05) is 12.6 Å². The minimum Gasteiger partial charge on any atom is -0.352 e. The Hall–Kier alpha value is -1.49. The molecular formula is C14H18F2N2O. The highest BCUT2D eigenvalue weighted by atomic mass is 19.1. The predicted molar refractivity (Wildman–Crippen MR) is 68.6 cm³/mol. The molecule has 1 aromatic carbocycles. The van der Waals surface area contributed by atoms with E-state index < -0.39 is 17.5 Å². The minimum atomic E-state index is -0.716. The Morgan fingerprint density at radius 2 is 2.05 bits per heavy atom. The summed E-state index contributed by atoms with van der Waals surface area (Å²) in [5, 5.41) is 2.64. The van der Waals surface area contributed by atoms with Gasteiger partial charge >= 0.3 is 0 Å². The van der Waals surface area contributed by atoms with Crippen molar-refractivity contribution in [3.05, 3.63) is 35.4 Å². The second-order valence-corrected chi connectivity index (χ2v) is 5.04. The lowest BCUT2D eigenvalue weighted by Gasteiger charge is -2.28. The molecule has 0 aromatic heterocycles. The zero-order valence-electron chi connectivity index (χ0n) is 10.7. The molecule has 0 radical (unpaired) electrons. The fourth-order valence-electron chi connectivity index (χ4n) is 2.48. The highest BCUT2D eigenvalue weighted by Crippen LogP contribution is 2.22. The summed E-state index contributed by atoms with van der Waals surface area (Å²) < 4.78 is 26.4. The van der Waals surface area contributed by atoms with Gasteiger partial charge in [0.25, 0.3) is 5.91 Å². The highest BCUT2D eigenvalue weighted by Gasteiger charge is 2.22. The van der Waals surface area contributed by atoms with Gasteiger partial charge in [-0.1, -0.05) is 12.8 Å². The van der Waals surface area contributed by atoms with Crippen LogP contribution in [0.1, 0.15) is 36.0 Å². The van der Waals surface area contributed by atoms with Gasteiger partial charge in [-0.2, -0.15) is 0 Å². The second kappa shape index (κ2) is 6.10. The van der Waals surface area contributed by atoms with E-state index in [9.17, 15) is 13.6 Å². The van der Waals surface area contributed by atoms with Crippen LogP contribution in [0.5, 0.6) is 0 Å². The molecule has 104 valence electrons. The van der Waals surface area contributed by atoms with Crippen LogP contribution >= 0.6 is 0 Å². The van der Waals surface area contributed by atoms with Crippen molar-refractivity contribution >= 4 is 5.91 Å². The van der Waals surface area contributed by atoms with Crippen LogP contribution in [0.2, 0.25) is 0 Å². The van der Waals surface area contributed by atoms with Crippen LogP contribution in [0.4, 0.5) is 8.78 Å². The van der Waals surface area contributed by atoms with Crippen LogP contribution in [0.15, 0.2) is 18.2 Å². The molecular weight excluding hydrogens is 250 g/mol. The molecule has 1 fully saturated rings. The number of hydrogen-bond acceptors (Lipinski definition) is 2. The van der Waals surface area contributed by atoms with E-state index in [1.165, 1.54) is 0 Å². The van der Waals surface area contributed by atoms with Crippen LogP contribution in [0.25, 0.3) is 0 Å². The molecule has 1 aliphatic rings. The van der Waals surface area contributed by atoms with E-state index in [-0.39, 0.29) is 17.5 Å². The molecule has 0 aliphatic heterocycles. The average molecular weight is 268 g/mol. The summed E-state index contributed by atoms with van der Waals surface area (Å²) in [5.41, 5.74) is 5.71. The molecule has 0 bridgehead atoms. The van der Waals surface area contributed by atoms with Gasteiger partial charge in [-0.05, 0) is 37.0 Å². The topological polar surface area (TPSA) is 55.1 Å². The molecule has 2 atom stereocenters. The fourth-order valence-corrected chi connectivity index (χ4v) is 2.48. The van der Waals surface area contributed by atoms with Gasteiger partial charge < -0.3 is 11.1 Å². The SMILES string of the molecule is NC1CCCCC1CNC(=O)c1cc(F)ccc1F. The molecule has 5 heteroatoms. The van der Waals surface area contributed by atoms with Gasteiger partial charge in [0.2, 0.25) is 0 Å². The van der Waals surface area contributed by atoms with Crippen LogP contribution in [0.3, 0.4) is 0 Å². The Kier molecular flexibility index (Phi) is 4.47. The third-order valence-electron chi connectivity index (χ3n) is 3.67. The third-order valence-corrected chi connectivity index (χ3v) is 3.67. The fraction of sp³-hybridized carbons (Fsp3) is 0.500. The summed E-state index contributed by atoms with van der Waals surface area (Å²) in [5.74, 6) is -1.71. The Labute approximate surface area is 111 Å². The zero-order chi connectivity index (χ0) is 13.8. The van der Waals surface area contributed by atoms with E-state index in [1.54, 1.807) is 0 Å². The maximum Gasteiger partial charge on any atom is 0.254 e. The highest BCUT2D eigenvalue weighted by molar-refractivity contribution is 5.94. The summed E-state index contributed by atoms with van der Waals surface area (Å²) in [6.07, 6.45) is 4.13. The van der Waals surface area contributed by atoms with Gasteiger partial charge in [0.05, 0.1) is 5.56 Å². The van der Waals surface area contributed by atoms with Crippen molar-refractivity contribution in [2.75, 3.05) is 6.54 Å². The molecule has 0 spiro atoms. The van der Waals surface area contributed by atoms with Crippen molar-refractivity contribution in [1.82, 2.24) is 5.32 Å². The zero-order valence-corrected chi connectivity index (χ0v) is 10.7. The first-order chi connectivity index (χ1) is 9.08. The largest absolute Gasteiger partial charge is 0.352 e. The maximum absolute atomic E-state index is 13.4. The Morgan fingerprint density at radius 1 is 1.32 bits per heavy atom. The number of carbonyl (C=O) groups is 1. The summed E-state index contributed by atoms with van der Waals surface area (Å²) in [6.45, 7) is 0.413. The molecule has 1 aliphatic carbocycles. The molecule has 3 N–H and O–H groups in total. The smallest absolute Gasteiger partial charge is 0.254 e. The number of amides is 1. The van der Waals surface area contributed by atoms with Crippen molar-refractivity contribution in [3.63, 3.8) is 0 Å². The van der Waals surface area contributed by atoms with E-state index in [1.807, 2.05) is 0 Å². The molecule has 1 aromatic rings. The van der Waals surface area contributed by atoms with Gasteiger partial charge in [-0.25, -0.2) is 8.78 Å². The molecule has 3 nitrogen and oxygen atoms in total. The Bertz CT molecular complexity index is 465. The van der Waals surface area contributed by atoms with Crippen molar-refractivity contribution in [1.29, 1.82) is 0 Å². The number of halogens is 2. The monoisotopic (exact) mass is 268 g/mol. The quantitative estimate of drug-likeness (QED) is 0.883. The van der Waals surface area contributed by atoms with Crippen molar-refractivity contribution in [2.45, 2.75) is 31.7 Å². The number of hydrogen-bond donors (Lipinski definition) is 2. The van der Waals surface area contributed by atoms with Crippen molar-refractivity contribution < 1.29 is 13.6 Å². The predicted octanol–water partition coefficient (Wildman–Crippen LogP) is 2.21. The molecule has 2 rings (SSSR count). The van der Waals surface area contributed by atoms with E-state index >= 15 is 0 Å². The van der Waals surface area contributed by atoms with Crippen LogP contribution in [-0.4, -0.2) is 18.5 Å². The summed E-state index contributed by atoms with van der Waals surface area (Å²) in [4.78, 5) is 11.8. The summed E-state index contributed by atoms with van der Waals surface area (Å²) in [6, 6.07) is 2.93. The molecule has 19 heavy (non-hydrogen) atoms. The molecule has 2 unspecified atom stereocenters. The molecule has 0 heterocycles. The number of nitrogens with two attached hydrogens (primary N) is 1. The lowest BCUT2D eigenvalue weighted by Crippen LogP contribution is -2.41. The van der Waals surface area contributed by atoms with E-state index in [0.717, 1.165) is 43.9 Å². The lowest BCUT2D eigenvalue weighted by atomic mass is 9.85. The van der Waals surface area contributed by atoms with Crippen molar-refractivity contribution in [3.8, 4) is 0 Å². The van der Waals surface area contributed by atoms with Crippen molar-refractivity contribution in [2.24, 2.45) is 11.7 Å². The number of rotatable bonds is 3. The van der Waals surface area contributed by atoms with Gasteiger partial charge in [0.1, 0.15) is 11.6 Å². The molecule has 1 amide bonds. The van der Waals surface area contributed by atoms with Gasteiger partial charge in [-0.15, -0.1) is 0 Å². The molecule has 1 saturated carbocycles. The Morgan fingerprint density at radius 3 is 2.79 bits per heavy atom. The third kappa shape index (κ3) is 3.50. The first-order valence-electron chi connectivity index (χ1n) is 6.57. The first kappa shape index (κ1) is 13.9. The number of carbonyl (C=O) groups excluding carboxylic acids is 1. The summed E-state index contributed by atoms with van der Waals surface area (Å²) >= 11 is 0. The average Bonchev–Trinajstić information content (AvgIpc) is 2.40. The normalized spacial score (nSPS) is 23.1. The maximum atomic E-state index is 13.4. The second-order valence-electron chi connectivity index (χ2n) is 5.04. The summed E-state index contributed by atoms with van der Waals surface area (Å²) in [7, 11) is 0. The first-order valence-corrected chi connectivity index (χ1v) is 6.57. The van der Waals surface area contributed by atoms with E-state index in [4.69, 9.17) is 5.73 Å². The minimum absolute atomic E-state index is 0.0754. The Balaban J connectivity index is 1.95. The molecule has 0 saturated heterocycles. The van der Waals surface area contributed by atoms with Crippen LogP contribution < -0.4 is 11.1 Å².